The van der Waals surface area contributed by atoms with E-state index >= 15 is 0 Å². The molecule has 0 bridgehead atoms. The number of aromatic nitrogens is 2. The van der Waals surface area contributed by atoms with Gasteiger partial charge < -0.3 is 15.7 Å². The Morgan fingerprint density at radius 2 is 1.94 bits per heavy atom. The number of carboxylic acid groups (broad SMARTS) is 1. The van der Waals surface area contributed by atoms with E-state index < -0.39 is 18.5 Å². The molecule has 0 aliphatic carbocycles. The van der Waals surface area contributed by atoms with E-state index in [-0.39, 0.29) is 12.0 Å². The van der Waals surface area contributed by atoms with Crippen LogP contribution in [0.1, 0.15) is 30.8 Å². The number of hydrogen-bond acceptors (Lipinski definition) is 5. The largest absolute Gasteiger partial charge is 0.480 e. The number of rotatable bonds is 4. The van der Waals surface area contributed by atoms with Crippen molar-refractivity contribution in [3.8, 4) is 0 Å². The molecule has 0 unspecified atom stereocenters. The van der Waals surface area contributed by atoms with Gasteiger partial charge in [-0.05, 0) is 0 Å². The first-order valence-corrected chi connectivity index (χ1v) is 6.17. The van der Waals surface area contributed by atoms with Gasteiger partial charge in [0.2, 0.25) is 0 Å². The zero-order valence-electron chi connectivity index (χ0n) is 10.5. The molecular formula is C10H16N4O3S. The molecule has 0 spiro atoms. The van der Waals surface area contributed by atoms with E-state index in [4.69, 9.17) is 5.11 Å². The van der Waals surface area contributed by atoms with Gasteiger partial charge >= 0.3 is 12.0 Å². The quantitative estimate of drug-likeness (QED) is 0.749. The molecule has 0 aromatic carbocycles. The summed E-state index contributed by atoms with van der Waals surface area (Å²) < 4.78 is 0. The van der Waals surface area contributed by atoms with Crippen LogP contribution in [0.5, 0.6) is 0 Å². The summed E-state index contributed by atoms with van der Waals surface area (Å²) in [6.45, 7) is 5.92. The van der Waals surface area contributed by atoms with Crippen LogP contribution in [0.4, 0.5) is 4.79 Å². The number of nitrogens with zero attached hydrogens (tertiary/aromatic N) is 2. The molecule has 0 aliphatic heterocycles. The Balaban J connectivity index is 2.42. The third-order valence-electron chi connectivity index (χ3n) is 1.91. The van der Waals surface area contributed by atoms with E-state index in [1.54, 1.807) is 0 Å². The van der Waals surface area contributed by atoms with Gasteiger partial charge in [0.15, 0.2) is 0 Å². The van der Waals surface area contributed by atoms with Crippen molar-refractivity contribution in [3.05, 3.63) is 10.0 Å². The Hall–Kier alpha value is -1.70. The van der Waals surface area contributed by atoms with E-state index in [0.29, 0.717) is 5.01 Å². The maximum Gasteiger partial charge on any atom is 0.323 e. The second-order valence-electron chi connectivity index (χ2n) is 4.68. The number of aliphatic carboxylic acids is 1. The monoisotopic (exact) mass is 272 g/mol. The van der Waals surface area contributed by atoms with Crippen LogP contribution in [0.2, 0.25) is 0 Å². The average Bonchev–Trinajstić information content (AvgIpc) is 2.71. The Kier molecular flexibility index (Phi) is 4.60. The third kappa shape index (κ3) is 4.66. The maximum absolute atomic E-state index is 11.2. The molecule has 1 aromatic heterocycles. The summed E-state index contributed by atoms with van der Waals surface area (Å²) in [5.74, 6) is -1.09. The number of urea groups is 1. The lowest BCUT2D eigenvalue weighted by molar-refractivity contribution is -0.135. The highest BCUT2D eigenvalue weighted by Crippen LogP contribution is 2.25. The van der Waals surface area contributed by atoms with Crippen LogP contribution in [0.25, 0.3) is 0 Å². The van der Waals surface area contributed by atoms with Crippen LogP contribution < -0.4 is 10.6 Å². The van der Waals surface area contributed by atoms with Gasteiger partial charge in [-0.3, -0.25) is 4.79 Å². The van der Waals surface area contributed by atoms with Crippen LogP contribution in [0.3, 0.4) is 0 Å². The number of hydrogen-bond donors (Lipinski definition) is 3. The van der Waals surface area contributed by atoms with Crippen LogP contribution in [0, 0.1) is 0 Å². The number of nitrogens with one attached hydrogen (secondary N) is 2. The van der Waals surface area contributed by atoms with Crippen molar-refractivity contribution in [2.75, 3.05) is 6.54 Å². The summed E-state index contributed by atoms with van der Waals surface area (Å²) in [5, 5.41) is 22.7. The van der Waals surface area contributed by atoms with Crippen molar-refractivity contribution in [1.29, 1.82) is 0 Å². The molecule has 2 amide bonds. The van der Waals surface area contributed by atoms with Crippen LogP contribution in [-0.4, -0.2) is 33.8 Å². The van der Waals surface area contributed by atoms with Crippen LogP contribution >= 0.6 is 11.3 Å². The van der Waals surface area contributed by atoms with Gasteiger partial charge in [0.25, 0.3) is 0 Å². The van der Waals surface area contributed by atoms with Crippen molar-refractivity contribution < 1.29 is 14.7 Å². The summed E-state index contributed by atoms with van der Waals surface area (Å²) in [7, 11) is 0. The van der Waals surface area contributed by atoms with E-state index in [9.17, 15) is 9.59 Å². The minimum Gasteiger partial charge on any atom is -0.480 e. The number of amides is 2. The fraction of sp³-hybridized carbons (Fsp3) is 0.600. The summed E-state index contributed by atoms with van der Waals surface area (Å²) in [6.07, 6.45) is 0. The van der Waals surface area contributed by atoms with Gasteiger partial charge in [-0.2, -0.15) is 0 Å². The number of carboxylic acids is 1. The molecule has 1 rings (SSSR count). The first-order valence-electron chi connectivity index (χ1n) is 5.35. The lowest BCUT2D eigenvalue weighted by Crippen LogP contribution is -2.37. The molecule has 0 saturated heterocycles. The van der Waals surface area contributed by atoms with Gasteiger partial charge in [0, 0.05) is 5.41 Å². The average molecular weight is 272 g/mol. The maximum atomic E-state index is 11.2. The second kappa shape index (κ2) is 5.76. The molecule has 7 nitrogen and oxygen atoms in total. The Morgan fingerprint density at radius 3 is 2.44 bits per heavy atom. The second-order valence-corrected chi connectivity index (χ2v) is 5.74. The van der Waals surface area contributed by atoms with Crippen molar-refractivity contribution in [2.24, 2.45) is 0 Å². The first kappa shape index (κ1) is 14.4. The summed E-state index contributed by atoms with van der Waals surface area (Å²) >= 11 is 1.43. The van der Waals surface area contributed by atoms with Gasteiger partial charge in [-0.1, -0.05) is 32.1 Å². The van der Waals surface area contributed by atoms with Crippen molar-refractivity contribution in [3.63, 3.8) is 0 Å². The molecule has 0 saturated carbocycles. The number of carbonyl (C=O) groups is 2. The minimum atomic E-state index is -1.09. The summed E-state index contributed by atoms with van der Waals surface area (Å²) in [5.41, 5.74) is -0.0680. The molecule has 1 aromatic rings. The third-order valence-corrected chi connectivity index (χ3v) is 3.26. The smallest absolute Gasteiger partial charge is 0.323 e. The van der Waals surface area contributed by atoms with Crippen molar-refractivity contribution in [2.45, 2.75) is 32.7 Å². The zero-order valence-corrected chi connectivity index (χ0v) is 11.3. The molecule has 8 heteroatoms. The van der Waals surface area contributed by atoms with Gasteiger partial charge in [0.1, 0.15) is 16.6 Å². The fourth-order valence-electron chi connectivity index (χ4n) is 1.00. The Morgan fingerprint density at radius 1 is 1.28 bits per heavy atom. The fourth-order valence-corrected chi connectivity index (χ4v) is 1.84. The lowest BCUT2D eigenvalue weighted by atomic mass is 9.98. The highest BCUT2D eigenvalue weighted by Gasteiger charge is 2.19. The molecule has 0 radical (unpaired) electrons. The predicted octanol–water partition coefficient (Wildman–Crippen LogP) is 0.719. The van der Waals surface area contributed by atoms with Crippen LogP contribution in [-0.2, 0) is 16.8 Å². The topological polar surface area (TPSA) is 104 Å². The van der Waals surface area contributed by atoms with E-state index in [1.807, 2.05) is 20.8 Å². The van der Waals surface area contributed by atoms with E-state index in [1.165, 1.54) is 11.3 Å². The van der Waals surface area contributed by atoms with Gasteiger partial charge in [-0.25, -0.2) is 4.79 Å². The van der Waals surface area contributed by atoms with Crippen molar-refractivity contribution >= 4 is 23.3 Å². The number of carbonyl (C=O) groups excluding carboxylic acids is 1. The lowest BCUT2D eigenvalue weighted by Gasteiger charge is -2.12. The minimum absolute atomic E-state index is 0.0680. The molecule has 0 fully saturated rings. The molecule has 100 valence electrons. The molecule has 3 N–H and O–H groups in total. The van der Waals surface area contributed by atoms with E-state index in [2.05, 4.69) is 20.8 Å². The van der Waals surface area contributed by atoms with E-state index in [0.717, 1.165) is 5.01 Å². The Bertz CT molecular complexity index is 439. The summed E-state index contributed by atoms with van der Waals surface area (Å²) in [4.78, 5) is 21.4. The first-order chi connectivity index (χ1) is 8.29. The Labute approximate surface area is 109 Å². The zero-order chi connectivity index (χ0) is 13.8. The van der Waals surface area contributed by atoms with Crippen LogP contribution in [0.15, 0.2) is 0 Å². The molecule has 1 heterocycles. The summed E-state index contributed by atoms with van der Waals surface area (Å²) in [6, 6.07) is -0.537. The highest BCUT2D eigenvalue weighted by molar-refractivity contribution is 7.11. The molecule has 18 heavy (non-hydrogen) atoms. The van der Waals surface area contributed by atoms with Gasteiger partial charge in [-0.15, -0.1) is 10.2 Å². The predicted molar refractivity (Wildman–Crippen MR) is 66.5 cm³/mol. The van der Waals surface area contributed by atoms with Gasteiger partial charge in [0.05, 0.1) is 6.54 Å². The molecular weight excluding hydrogens is 256 g/mol. The van der Waals surface area contributed by atoms with Crippen molar-refractivity contribution in [1.82, 2.24) is 20.8 Å². The highest BCUT2D eigenvalue weighted by atomic mass is 32.1. The SMILES string of the molecule is CC(C)(C)c1nnc(CNC(=O)NCC(=O)O)s1. The standard InChI is InChI=1S/C10H16N4O3S/c1-10(2,3)8-14-13-6(18-8)4-11-9(17)12-5-7(15)16/h4-5H2,1-3H3,(H,15,16)(H2,11,12,17). The molecule has 0 atom stereocenters. The normalized spacial score (nSPS) is 11.1. The molecule has 0 aliphatic rings.